The predicted octanol–water partition coefficient (Wildman–Crippen LogP) is 4.26. The first-order valence-corrected chi connectivity index (χ1v) is 9.21. The average molecular weight is 376 g/mol. The summed E-state index contributed by atoms with van der Waals surface area (Å²) in [6.45, 7) is 7.47. The zero-order chi connectivity index (χ0) is 19.6. The Morgan fingerprint density at radius 3 is 2.52 bits per heavy atom. The SMILES string of the molecule is CCN(CC)CCOc1ccccc1NC(=O)CCc1ccc(F)c(F)c1. The van der Waals surface area contributed by atoms with E-state index in [2.05, 4.69) is 24.1 Å². The molecule has 0 aliphatic rings. The van der Waals surface area contributed by atoms with Crippen LogP contribution in [0.5, 0.6) is 5.75 Å². The Labute approximate surface area is 159 Å². The van der Waals surface area contributed by atoms with Crippen molar-refractivity contribution in [2.75, 3.05) is 31.6 Å². The number of carbonyl (C=O) groups is 1. The molecular weight excluding hydrogens is 350 g/mol. The van der Waals surface area contributed by atoms with Gasteiger partial charge in [-0.3, -0.25) is 4.79 Å². The highest BCUT2D eigenvalue weighted by molar-refractivity contribution is 5.92. The minimum atomic E-state index is -0.903. The number of carbonyl (C=O) groups excluding carboxylic acids is 1. The van der Waals surface area contributed by atoms with Crippen LogP contribution in [0.15, 0.2) is 42.5 Å². The van der Waals surface area contributed by atoms with E-state index in [1.165, 1.54) is 6.07 Å². The Morgan fingerprint density at radius 1 is 1.07 bits per heavy atom. The number of rotatable bonds is 10. The number of hydrogen-bond donors (Lipinski definition) is 1. The van der Waals surface area contributed by atoms with Crippen molar-refractivity contribution in [2.45, 2.75) is 26.7 Å². The summed E-state index contributed by atoms with van der Waals surface area (Å²) in [7, 11) is 0. The van der Waals surface area contributed by atoms with Crippen molar-refractivity contribution >= 4 is 11.6 Å². The molecule has 1 amide bonds. The number of anilines is 1. The van der Waals surface area contributed by atoms with E-state index in [0.717, 1.165) is 31.8 Å². The molecule has 0 bridgehead atoms. The van der Waals surface area contributed by atoms with Gasteiger partial charge in [0.1, 0.15) is 12.4 Å². The molecule has 0 saturated heterocycles. The van der Waals surface area contributed by atoms with Crippen molar-refractivity contribution in [3.63, 3.8) is 0 Å². The van der Waals surface area contributed by atoms with Gasteiger partial charge >= 0.3 is 0 Å². The van der Waals surface area contributed by atoms with Crippen LogP contribution in [0.2, 0.25) is 0 Å². The molecule has 2 aromatic rings. The van der Waals surface area contributed by atoms with Crippen LogP contribution in [0, 0.1) is 11.6 Å². The van der Waals surface area contributed by atoms with E-state index in [1.54, 1.807) is 6.07 Å². The predicted molar refractivity (Wildman–Crippen MR) is 103 cm³/mol. The minimum Gasteiger partial charge on any atom is -0.490 e. The summed E-state index contributed by atoms with van der Waals surface area (Å²) < 4.78 is 32.0. The molecule has 1 N–H and O–H groups in total. The molecule has 0 aliphatic heterocycles. The Bertz CT molecular complexity index is 749. The lowest BCUT2D eigenvalue weighted by atomic mass is 10.1. The monoisotopic (exact) mass is 376 g/mol. The molecule has 6 heteroatoms. The topological polar surface area (TPSA) is 41.6 Å². The number of nitrogens with one attached hydrogen (secondary N) is 1. The maximum atomic E-state index is 13.2. The zero-order valence-electron chi connectivity index (χ0n) is 15.8. The second-order valence-corrected chi connectivity index (χ2v) is 6.17. The highest BCUT2D eigenvalue weighted by atomic mass is 19.2. The number of likely N-dealkylation sites (N-methyl/N-ethyl adjacent to an activating group) is 1. The maximum absolute atomic E-state index is 13.2. The largest absolute Gasteiger partial charge is 0.490 e. The minimum absolute atomic E-state index is 0.166. The molecule has 0 atom stereocenters. The summed E-state index contributed by atoms with van der Waals surface area (Å²) in [5.74, 6) is -1.38. The second-order valence-electron chi connectivity index (χ2n) is 6.17. The lowest BCUT2D eigenvalue weighted by Crippen LogP contribution is -2.28. The maximum Gasteiger partial charge on any atom is 0.224 e. The van der Waals surface area contributed by atoms with Crippen LogP contribution in [0.3, 0.4) is 0 Å². The summed E-state index contributed by atoms with van der Waals surface area (Å²) in [5.41, 5.74) is 1.18. The van der Waals surface area contributed by atoms with Gasteiger partial charge in [0.25, 0.3) is 0 Å². The van der Waals surface area contributed by atoms with Gasteiger partial charge in [-0.1, -0.05) is 32.0 Å². The lowest BCUT2D eigenvalue weighted by Gasteiger charge is -2.19. The first-order valence-electron chi connectivity index (χ1n) is 9.21. The molecule has 2 rings (SSSR count). The number of para-hydroxylation sites is 2. The summed E-state index contributed by atoms with van der Waals surface area (Å²) in [4.78, 5) is 14.5. The highest BCUT2D eigenvalue weighted by Crippen LogP contribution is 2.24. The fourth-order valence-electron chi connectivity index (χ4n) is 2.69. The van der Waals surface area contributed by atoms with E-state index in [9.17, 15) is 13.6 Å². The van der Waals surface area contributed by atoms with E-state index < -0.39 is 11.6 Å². The smallest absolute Gasteiger partial charge is 0.224 e. The van der Waals surface area contributed by atoms with Crippen molar-refractivity contribution < 1.29 is 18.3 Å². The highest BCUT2D eigenvalue weighted by Gasteiger charge is 2.10. The van der Waals surface area contributed by atoms with Gasteiger partial charge in [-0.15, -0.1) is 0 Å². The molecule has 0 spiro atoms. The summed E-state index contributed by atoms with van der Waals surface area (Å²) in [6, 6.07) is 10.9. The number of benzene rings is 2. The van der Waals surface area contributed by atoms with E-state index in [1.807, 2.05) is 18.2 Å². The fourth-order valence-corrected chi connectivity index (χ4v) is 2.69. The summed E-state index contributed by atoms with van der Waals surface area (Å²) >= 11 is 0. The molecule has 0 heterocycles. The molecule has 4 nitrogen and oxygen atoms in total. The number of nitrogens with zero attached hydrogens (tertiary/aromatic N) is 1. The standard InChI is InChI=1S/C21H26F2N2O2/c1-3-25(4-2)13-14-27-20-8-6-5-7-19(20)24-21(26)12-10-16-9-11-17(22)18(23)15-16/h5-9,11,15H,3-4,10,12-14H2,1-2H3,(H,24,26). The first-order chi connectivity index (χ1) is 13.0. The normalized spacial score (nSPS) is 10.9. The molecule has 0 fully saturated rings. The molecule has 2 aromatic carbocycles. The van der Waals surface area contributed by atoms with E-state index in [-0.39, 0.29) is 12.3 Å². The van der Waals surface area contributed by atoms with Crippen LogP contribution in [0.4, 0.5) is 14.5 Å². The van der Waals surface area contributed by atoms with Crippen LogP contribution in [-0.2, 0) is 11.2 Å². The summed E-state index contributed by atoms with van der Waals surface area (Å²) in [6.07, 6.45) is 0.493. The van der Waals surface area contributed by atoms with Crippen LogP contribution in [-0.4, -0.2) is 37.0 Å². The van der Waals surface area contributed by atoms with Crippen molar-refractivity contribution in [1.82, 2.24) is 4.90 Å². The van der Waals surface area contributed by atoms with Crippen molar-refractivity contribution in [2.24, 2.45) is 0 Å². The van der Waals surface area contributed by atoms with Gasteiger partial charge < -0.3 is 15.0 Å². The third-order valence-corrected chi connectivity index (χ3v) is 4.35. The van der Waals surface area contributed by atoms with E-state index in [4.69, 9.17) is 4.74 Å². The van der Waals surface area contributed by atoms with Crippen molar-refractivity contribution in [3.05, 3.63) is 59.7 Å². The Morgan fingerprint density at radius 2 is 1.81 bits per heavy atom. The molecular formula is C21H26F2N2O2. The quantitative estimate of drug-likeness (QED) is 0.674. The lowest BCUT2D eigenvalue weighted by molar-refractivity contribution is -0.116. The summed E-state index contributed by atoms with van der Waals surface area (Å²) in [5, 5.41) is 2.83. The Kier molecular flexibility index (Phi) is 8.20. The van der Waals surface area contributed by atoms with Crippen LogP contribution < -0.4 is 10.1 Å². The molecule has 146 valence electrons. The molecule has 27 heavy (non-hydrogen) atoms. The number of aryl methyl sites for hydroxylation is 1. The Balaban J connectivity index is 1.88. The average Bonchev–Trinajstić information content (AvgIpc) is 2.67. The van der Waals surface area contributed by atoms with Gasteiger partial charge in [0.2, 0.25) is 5.91 Å². The third kappa shape index (κ3) is 6.64. The first kappa shape index (κ1) is 20.8. The van der Waals surface area contributed by atoms with Gasteiger partial charge in [0.05, 0.1) is 5.69 Å². The Hall–Kier alpha value is -2.47. The molecule has 0 radical (unpaired) electrons. The fraction of sp³-hybridized carbons (Fsp3) is 0.381. The molecule has 0 aromatic heterocycles. The van der Waals surface area contributed by atoms with Gasteiger partial charge in [0, 0.05) is 13.0 Å². The number of hydrogen-bond acceptors (Lipinski definition) is 3. The van der Waals surface area contributed by atoms with Gasteiger partial charge in [-0.2, -0.15) is 0 Å². The molecule has 0 unspecified atom stereocenters. The number of amides is 1. The number of ether oxygens (including phenoxy) is 1. The zero-order valence-corrected chi connectivity index (χ0v) is 15.8. The van der Waals surface area contributed by atoms with Gasteiger partial charge in [0.15, 0.2) is 11.6 Å². The third-order valence-electron chi connectivity index (χ3n) is 4.35. The molecule has 0 aliphatic carbocycles. The van der Waals surface area contributed by atoms with Crippen LogP contribution in [0.1, 0.15) is 25.8 Å². The van der Waals surface area contributed by atoms with Gasteiger partial charge in [-0.05, 0) is 49.3 Å². The van der Waals surface area contributed by atoms with Crippen LogP contribution >= 0.6 is 0 Å². The van der Waals surface area contributed by atoms with E-state index in [0.29, 0.717) is 30.0 Å². The van der Waals surface area contributed by atoms with E-state index >= 15 is 0 Å². The second kappa shape index (κ2) is 10.6. The van der Waals surface area contributed by atoms with Crippen molar-refractivity contribution in [1.29, 1.82) is 0 Å². The van der Waals surface area contributed by atoms with Gasteiger partial charge in [-0.25, -0.2) is 8.78 Å². The number of halogens is 2. The van der Waals surface area contributed by atoms with Crippen molar-refractivity contribution in [3.8, 4) is 5.75 Å². The molecule has 0 saturated carbocycles. The van der Waals surface area contributed by atoms with Crippen LogP contribution in [0.25, 0.3) is 0 Å².